The predicted molar refractivity (Wildman–Crippen MR) is 118 cm³/mol. The van der Waals surface area contributed by atoms with Gasteiger partial charge in [0.05, 0.1) is 12.6 Å². The zero-order valence-corrected chi connectivity index (χ0v) is 18.3. The van der Waals surface area contributed by atoms with Crippen LogP contribution in [0.3, 0.4) is 0 Å². The summed E-state index contributed by atoms with van der Waals surface area (Å²) in [6.07, 6.45) is 7.09. The Bertz CT molecular complexity index is 951. The number of imide groups is 1. The van der Waals surface area contributed by atoms with Gasteiger partial charge in [0.25, 0.3) is 5.91 Å². The Morgan fingerprint density at radius 2 is 1.81 bits per heavy atom. The lowest BCUT2D eigenvalue weighted by molar-refractivity contribution is -0.138. The van der Waals surface area contributed by atoms with E-state index in [-0.39, 0.29) is 42.6 Å². The van der Waals surface area contributed by atoms with Crippen molar-refractivity contribution in [3.8, 4) is 0 Å². The van der Waals surface area contributed by atoms with E-state index in [0.29, 0.717) is 17.9 Å². The Hall–Kier alpha value is -2.90. The molecule has 0 aromatic heterocycles. The highest BCUT2D eigenvalue weighted by Crippen LogP contribution is 2.48. The maximum absolute atomic E-state index is 13.5. The second kappa shape index (κ2) is 8.56. The minimum atomic E-state index is -0.615. The third kappa shape index (κ3) is 3.76. The molecule has 1 saturated carbocycles. The number of hydrogen-bond acceptors (Lipinski definition) is 5. The van der Waals surface area contributed by atoms with Gasteiger partial charge < -0.3 is 15.1 Å². The number of rotatable bonds is 5. The highest BCUT2D eigenvalue weighted by Gasteiger charge is 2.48. The number of likely N-dealkylation sites (tertiary alicyclic amines) is 1. The Labute approximate surface area is 187 Å². The number of nitrogens with zero attached hydrogens (tertiary/aromatic N) is 2. The lowest BCUT2D eigenvalue weighted by atomic mass is 9.76. The molecular formula is C24H30N4O4. The maximum atomic E-state index is 13.5. The van der Waals surface area contributed by atoms with Gasteiger partial charge in [0.1, 0.15) is 6.04 Å². The van der Waals surface area contributed by atoms with Crippen LogP contribution in [0, 0.1) is 5.92 Å². The van der Waals surface area contributed by atoms with Gasteiger partial charge >= 0.3 is 0 Å². The van der Waals surface area contributed by atoms with Crippen molar-refractivity contribution in [2.24, 2.45) is 5.92 Å². The number of nitrogens with one attached hydrogen (secondary N) is 2. The smallest absolute Gasteiger partial charge is 0.255 e. The highest BCUT2D eigenvalue weighted by molar-refractivity contribution is 6.06. The fourth-order valence-corrected chi connectivity index (χ4v) is 5.48. The summed E-state index contributed by atoms with van der Waals surface area (Å²) in [5.41, 5.74) is 2.29. The monoisotopic (exact) mass is 438 g/mol. The molecule has 0 bridgehead atoms. The summed E-state index contributed by atoms with van der Waals surface area (Å²) in [4.78, 5) is 53.8. The normalized spacial score (nSPS) is 25.9. The summed E-state index contributed by atoms with van der Waals surface area (Å²) in [6.45, 7) is 1.83. The Kier molecular flexibility index (Phi) is 5.61. The quantitative estimate of drug-likeness (QED) is 0.687. The Morgan fingerprint density at radius 3 is 2.50 bits per heavy atom. The van der Waals surface area contributed by atoms with Gasteiger partial charge in [-0.15, -0.1) is 0 Å². The first kappa shape index (κ1) is 21.0. The minimum absolute atomic E-state index is 0.0778. The number of anilines is 1. The van der Waals surface area contributed by atoms with E-state index in [2.05, 4.69) is 10.6 Å². The zero-order chi connectivity index (χ0) is 22.2. The molecule has 0 radical (unpaired) electrons. The molecular weight excluding hydrogens is 408 g/mol. The van der Waals surface area contributed by atoms with Gasteiger partial charge in [-0.2, -0.15) is 0 Å². The first-order valence-electron chi connectivity index (χ1n) is 11.8. The molecule has 4 aliphatic rings. The van der Waals surface area contributed by atoms with Gasteiger partial charge in [-0.25, -0.2) is 0 Å². The fraction of sp³-hybridized carbons (Fsp3) is 0.583. The van der Waals surface area contributed by atoms with Gasteiger partial charge in [0, 0.05) is 30.8 Å². The predicted octanol–water partition coefficient (Wildman–Crippen LogP) is 2.21. The van der Waals surface area contributed by atoms with Gasteiger partial charge in [0.15, 0.2) is 0 Å². The fourth-order valence-electron chi connectivity index (χ4n) is 5.48. The van der Waals surface area contributed by atoms with E-state index < -0.39 is 6.04 Å². The SMILES string of the molecule is O=C1CCC(N2C(=O)c3cc(NCC(=O)N4CCCCC4)ccc3C2C2CCC2)C(=O)N1. The lowest BCUT2D eigenvalue weighted by Crippen LogP contribution is -2.54. The Balaban J connectivity index is 1.35. The Morgan fingerprint density at radius 1 is 1.03 bits per heavy atom. The van der Waals surface area contributed by atoms with Crippen LogP contribution in [0.4, 0.5) is 5.69 Å². The molecule has 4 amide bonds. The summed E-state index contributed by atoms with van der Waals surface area (Å²) >= 11 is 0. The number of carbonyl (C=O) groups excluding carboxylic acids is 4. The third-order valence-electron chi connectivity index (χ3n) is 7.43. The molecule has 3 fully saturated rings. The molecule has 2 saturated heterocycles. The summed E-state index contributed by atoms with van der Waals surface area (Å²) in [6, 6.07) is 4.97. The average Bonchev–Trinajstić information content (AvgIpc) is 3.03. The topological polar surface area (TPSA) is 98.8 Å². The molecule has 8 heteroatoms. The van der Waals surface area contributed by atoms with E-state index in [0.717, 1.165) is 56.4 Å². The first-order valence-corrected chi connectivity index (χ1v) is 11.8. The standard InChI is InChI=1S/C24H30N4O4/c29-20-10-9-19(23(31)26-20)28-22(15-5-4-6-15)17-8-7-16(13-18(17)24(28)32)25-14-21(30)27-11-2-1-3-12-27/h7-8,13,15,19,22,25H,1-6,9-12,14H2,(H,26,29,31). The first-order chi connectivity index (χ1) is 15.5. The van der Waals surface area contributed by atoms with Gasteiger partial charge in [-0.1, -0.05) is 12.5 Å². The third-order valence-corrected chi connectivity index (χ3v) is 7.43. The minimum Gasteiger partial charge on any atom is -0.376 e. The number of hydrogen-bond donors (Lipinski definition) is 2. The van der Waals surface area contributed by atoms with E-state index in [1.54, 1.807) is 4.90 Å². The van der Waals surface area contributed by atoms with Crippen LogP contribution in [-0.2, 0) is 14.4 Å². The molecule has 2 unspecified atom stereocenters. The summed E-state index contributed by atoms with van der Waals surface area (Å²) in [5.74, 6) is -0.394. The molecule has 1 aliphatic carbocycles. The number of benzene rings is 1. The molecule has 2 atom stereocenters. The molecule has 3 aliphatic heterocycles. The second-order valence-electron chi connectivity index (χ2n) is 9.41. The van der Waals surface area contributed by atoms with Crippen LogP contribution < -0.4 is 10.6 Å². The molecule has 1 aromatic rings. The van der Waals surface area contributed by atoms with Crippen molar-refractivity contribution >= 4 is 29.3 Å². The molecule has 8 nitrogen and oxygen atoms in total. The van der Waals surface area contributed by atoms with Gasteiger partial charge in [-0.05, 0) is 62.1 Å². The molecule has 170 valence electrons. The second-order valence-corrected chi connectivity index (χ2v) is 9.41. The van der Waals surface area contributed by atoms with Crippen LogP contribution in [0.15, 0.2) is 18.2 Å². The van der Waals surface area contributed by atoms with Gasteiger partial charge in [-0.3, -0.25) is 24.5 Å². The van der Waals surface area contributed by atoms with Crippen LogP contribution in [-0.4, -0.2) is 59.1 Å². The number of carbonyl (C=O) groups is 4. The molecule has 3 heterocycles. The summed E-state index contributed by atoms with van der Waals surface area (Å²) in [5, 5.41) is 5.59. The van der Waals surface area contributed by atoms with Crippen LogP contribution in [0.5, 0.6) is 0 Å². The van der Waals surface area contributed by atoms with Crippen LogP contribution in [0.25, 0.3) is 0 Å². The molecule has 32 heavy (non-hydrogen) atoms. The lowest BCUT2D eigenvalue weighted by Gasteiger charge is -2.41. The van der Waals surface area contributed by atoms with Crippen LogP contribution in [0.2, 0.25) is 0 Å². The number of amides is 4. The van der Waals surface area contributed by atoms with Crippen molar-refractivity contribution < 1.29 is 19.2 Å². The van der Waals surface area contributed by atoms with Crippen molar-refractivity contribution in [2.45, 2.75) is 63.5 Å². The van der Waals surface area contributed by atoms with E-state index in [1.807, 2.05) is 23.1 Å². The number of piperidine rings is 2. The molecule has 1 aromatic carbocycles. The van der Waals surface area contributed by atoms with E-state index in [9.17, 15) is 19.2 Å². The highest BCUT2D eigenvalue weighted by atomic mass is 16.2. The van der Waals surface area contributed by atoms with Crippen molar-refractivity contribution in [2.75, 3.05) is 25.0 Å². The molecule has 5 rings (SSSR count). The number of fused-ring (bicyclic) bond motifs is 1. The molecule has 2 N–H and O–H groups in total. The maximum Gasteiger partial charge on any atom is 0.255 e. The van der Waals surface area contributed by atoms with E-state index in [4.69, 9.17) is 0 Å². The average molecular weight is 439 g/mol. The largest absolute Gasteiger partial charge is 0.376 e. The van der Waals surface area contributed by atoms with E-state index >= 15 is 0 Å². The molecule has 0 spiro atoms. The van der Waals surface area contributed by atoms with Crippen molar-refractivity contribution in [3.63, 3.8) is 0 Å². The van der Waals surface area contributed by atoms with Crippen molar-refractivity contribution in [1.29, 1.82) is 0 Å². The van der Waals surface area contributed by atoms with Crippen LogP contribution >= 0.6 is 0 Å². The van der Waals surface area contributed by atoms with Crippen LogP contribution in [0.1, 0.15) is 73.3 Å². The van der Waals surface area contributed by atoms with Gasteiger partial charge in [0.2, 0.25) is 17.7 Å². The zero-order valence-electron chi connectivity index (χ0n) is 18.3. The van der Waals surface area contributed by atoms with Crippen molar-refractivity contribution in [1.82, 2.24) is 15.1 Å². The summed E-state index contributed by atoms with van der Waals surface area (Å²) < 4.78 is 0. The van der Waals surface area contributed by atoms with Crippen molar-refractivity contribution in [3.05, 3.63) is 29.3 Å². The van der Waals surface area contributed by atoms with E-state index in [1.165, 1.54) is 6.42 Å². The summed E-state index contributed by atoms with van der Waals surface area (Å²) in [7, 11) is 0.